The van der Waals surface area contributed by atoms with Gasteiger partial charge in [-0.3, -0.25) is 4.79 Å². The molecule has 0 bridgehead atoms. The van der Waals surface area contributed by atoms with Gasteiger partial charge in [-0.15, -0.1) is 0 Å². The van der Waals surface area contributed by atoms with E-state index in [9.17, 15) is 14.7 Å². The molecule has 1 aromatic heterocycles. The first-order valence-electron chi connectivity index (χ1n) is 11.1. The molecule has 7 heteroatoms. The van der Waals surface area contributed by atoms with Crippen LogP contribution in [0, 0.1) is 13.8 Å². The molecular weight excluding hydrogens is 422 g/mol. The summed E-state index contributed by atoms with van der Waals surface area (Å²) in [4.78, 5) is 24.8. The summed E-state index contributed by atoms with van der Waals surface area (Å²) in [7, 11) is 0. The van der Waals surface area contributed by atoms with Gasteiger partial charge in [-0.25, -0.2) is 4.79 Å². The molecule has 4 rings (SSSR count). The average molecular weight is 452 g/mol. The topological polar surface area (TPSA) is 98.0 Å². The fraction of sp³-hybridized carbons (Fsp3) is 0.385. The van der Waals surface area contributed by atoms with Crippen molar-refractivity contribution in [2.75, 3.05) is 13.2 Å². The average Bonchev–Trinajstić information content (AvgIpc) is 2.79. The number of nitrogens with one attached hydrogen (secondary N) is 1. The van der Waals surface area contributed by atoms with Gasteiger partial charge in [0.1, 0.15) is 22.7 Å². The van der Waals surface area contributed by atoms with Crippen LogP contribution < -0.4 is 20.4 Å². The highest BCUT2D eigenvalue weighted by Gasteiger charge is 2.31. The summed E-state index contributed by atoms with van der Waals surface area (Å²) in [6.45, 7) is 7.38. The minimum Gasteiger partial charge on any atom is -0.487 e. The molecule has 1 amide bonds. The van der Waals surface area contributed by atoms with Crippen molar-refractivity contribution in [1.29, 1.82) is 0 Å². The van der Waals surface area contributed by atoms with Crippen LogP contribution >= 0.6 is 0 Å². The molecule has 1 atom stereocenters. The Balaban J connectivity index is 1.57. The lowest BCUT2D eigenvalue weighted by atomic mass is 9.92. The number of aryl methyl sites for hydroxylation is 2. The number of ether oxygens (including phenoxy) is 2. The molecule has 2 aromatic carbocycles. The summed E-state index contributed by atoms with van der Waals surface area (Å²) in [6, 6.07) is 10.9. The number of aliphatic hydroxyl groups is 1. The van der Waals surface area contributed by atoms with Crippen molar-refractivity contribution >= 4 is 16.9 Å². The van der Waals surface area contributed by atoms with Crippen LogP contribution in [-0.4, -0.2) is 29.8 Å². The lowest BCUT2D eigenvalue weighted by Crippen LogP contribution is -2.33. The molecule has 7 nitrogen and oxygen atoms in total. The number of benzene rings is 2. The van der Waals surface area contributed by atoms with Crippen molar-refractivity contribution in [3.05, 3.63) is 69.1 Å². The number of fused-ring (bicyclic) bond motifs is 3. The van der Waals surface area contributed by atoms with E-state index in [1.165, 1.54) is 0 Å². The highest BCUT2D eigenvalue weighted by atomic mass is 16.5. The summed E-state index contributed by atoms with van der Waals surface area (Å²) < 4.78 is 17.7. The van der Waals surface area contributed by atoms with E-state index in [1.807, 2.05) is 39.0 Å². The Morgan fingerprint density at radius 3 is 2.67 bits per heavy atom. The van der Waals surface area contributed by atoms with Gasteiger partial charge in [0.05, 0.1) is 11.5 Å². The Morgan fingerprint density at radius 2 is 1.94 bits per heavy atom. The number of hydrogen-bond acceptors (Lipinski definition) is 6. The second kappa shape index (κ2) is 8.90. The van der Waals surface area contributed by atoms with Crippen LogP contribution in [0.4, 0.5) is 0 Å². The first-order chi connectivity index (χ1) is 15.7. The van der Waals surface area contributed by atoms with E-state index in [-0.39, 0.29) is 24.7 Å². The number of carbonyl (C=O) groups excluding carboxylic acids is 1. The molecule has 1 aliphatic rings. The molecule has 174 valence electrons. The summed E-state index contributed by atoms with van der Waals surface area (Å²) in [5.74, 6) is 0.647. The second-order valence-corrected chi connectivity index (χ2v) is 9.08. The van der Waals surface area contributed by atoms with E-state index in [2.05, 4.69) is 5.32 Å². The first-order valence-corrected chi connectivity index (χ1v) is 11.1. The third kappa shape index (κ3) is 4.73. The zero-order valence-corrected chi connectivity index (χ0v) is 19.4. The monoisotopic (exact) mass is 451 g/mol. The molecule has 0 radical (unpaired) electrons. The minimum absolute atomic E-state index is 0.0709. The van der Waals surface area contributed by atoms with E-state index in [1.54, 1.807) is 25.1 Å². The predicted molar refractivity (Wildman–Crippen MR) is 125 cm³/mol. The van der Waals surface area contributed by atoms with Crippen molar-refractivity contribution in [1.82, 2.24) is 5.32 Å². The molecule has 3 aromatic rings. The molecule has 0 unspecified atom stereocenters. The fourth-order valence-electron chi connectivity index (χ4n) is 4.04. The van der Waals surface area contributed by atoms with Gasteiger partial charge in [0, 0.05) is 23.7 Å². The van der Waals surface area contributed by atoms with Gasteiger partial charge in [-0.2, -0.15) is 0 Å². The maximum absolute atomic E-state index is 12.4. The lowest BCUT2D eigenvalue weighted by molar-refractivity contribution is -0.123. The van der Waals surface area contributed by atoms with Gasteiger partial charge in [-0.1, -0.05) is 30.3 Å². The zero-order chi connectivity index (χ0) is 23.8. The van der Waals surface area contributed by atoms with Gasteiger partial charge >= 0.3 is 5.63 Å². The maximum atomic E-state index is 12.4. The highest BCUT2D eigenvalue weighted by Crippen LogP contribution is 2.43. The van der Waals surface area contributed by atoms with Crippen molar-refractivity contribution in [3.63, 3.8) is 0 Å². The van der Waals surface area contributed by atoms with E-state index in [0.29, 0.717) is 34.5 Å². The van der Waals surface area contributed by atoms with Crippen molar-refractivity contribution in [3.8, 4) is 11.5 Å². The first kappa shape index (κ1) is 22.9. The van der Waals surface area contributed by atoms with E-state index in [0.717, 1.165) is 23.1 Å². The smallest absolute Gasteiger partial charge is 0.339 e. The Kier molecular flexibility index (Phi) is 6.17. The third-order valence-corrected chi connectivity index (χ3v) is 6.14. The summed E-state index contributed by atoms with van der Waals surface area (Å²) in [5.41, 5.74) is 2.52. The highest BCUT2D eigenvalue weighted by molar-refractivity contribution is 5.92. The molecular formula is C26H29NO6. The minimum atomic E-state index is -0.811. The fourth-order valence-corrected chi connectivity index (χ4v) is 4.04. The van der Waals surface area contributed by atoms with Crippen LogP contribution in [0.5, 0.6) is 11.5 Å². The lowest BCUT2D eigenvalue weighted by Gasteiger charge is -2.33. The third-order valence-electron chi connectivity index (χ3n) is 6.14. The molecule has 1 aliphatic heterocycles. The predicted octanol–water partition coefficient (Wildman–Crippen LogP) is 3.74. The van der Waals surface area contributed by atoms with Crippen molar-refractivity contribution in [2.24, 2.45) is 0 Å². The summed E-state index contributed by atoms with van der Waals surface area (Å²) >= 11 is 0. The number of amides is 1. The van der Waals surface area contributed by atoms with Crippen LogP contribution in [0.15, 0.2) is 45.6 Å². The summed E-state index contributed by atoms with van der Waals surface area (Å²) in [6.07, 6.45) is 0.690. The molecule has 0 saturated heterocycles. The van der Waals surface area contributed by atoms with Crippen LogP contribution in [0.2, 0.25) is 0 Å². The van der Waals surface area contributed by atoms with Crippen LogP contribution in [0.1, 0.15) is 48.6 Å². The van der Waals surface area contributed by atoms with Gasteiger partial charge < -0.3 is 24.3 Å². The van der Waals surface area contributed by atoms with Gasteiger partial charge in [-0.05, 0) is 51.7 Å². The maximum Gasteiger partial charge on any atom is 0.339 e. The molecule has 33 heavy (non-hydrogen) atoms. The normalized spacial score (nSPS) is 15.4. The zero-order valence-electron chi connectivity index (χ0n) is 19.4. The van der Waals surface area contributed by atoms with Gasteiger partial charge in [0.2, 0.25) is 0 Å². The Bertz CT molecular complexity index is 1250. The second-order valence-electron chi connectivity index (χ2n) is 9.08. The van der Waals surface area contributed by atoms with Gasteiger partial charge in [0.25, 0.3) is 5.91 Å². The number of hydrogen-bond donors (Lipinski definition) is 2. The Morgan fingerprint density at radius 1 is 1.21 bits per heavy atom. The number of carbonyl (C=O) groups is 1. The van der Waals surface area contributed by atoms with E-state index >= 15 is 0 Å². The van der Waals surface area contributed by atoms with Gasteiger partial charge in [0.15, 0.2) is 6.61 Å². The number of rotatable bonds is 6. The van der Waals surface area contributed by atoms with E-state index < -0.39 is 11.7 Å². The molecule has 0 spiro atoms. The molecule has 2 heterocycles. The Hall–Kier alpha value is -3.32. The molecule has 0 aliphatic carbocycles. The molecule has 0 saturated carbocycles. The van der Waals surface area contributed by atoms with E-state index in [4.69, 9.17) is 13.9 Å². The number of aliphatic hydroxyl groups excluding tert-OH is 1. The quantitative estimate of drug-likeness (QED) is 0.554. The van der Waals surface area contributed by atoms with Crippen LogP contribution in [0.25, 0.3) is 11.0 Å². The van der Waals surface area contributed by atoms with Crippen LogP contribution in [-0.2, 0) is 11.2 Å². The standard InChI is InChI=1S/C26H29NO6/c1-15-16(2)25(30)32-24-18-10-11-26(3,4)33-20(18)12-21(23(15)24)31-14-22(29)27-13-19(28)17-8-6-5-7-9-17/h5-9,12,19,28H,10-11,13-14H2,1-4H3,(H,27,29)/t19-/m1/s1. The van der Waals surface area contributed by atoms with Crippen molar-refractivity contribution in [2.45, 2.75) is 52.2 Å². The SMILES string of the molecule is Cc1c(C)c2c(OCC(=O)NC[C@@H](O)c3ccccc3)cc3c(c2oc1=O)CCC(C)(C)O3. The largest absolute Gasteiger partial charge is 0.487 e. The van der Waals surface area contributed by atoms with Crippen molar-refractivity contribution < 1.29 is 23.8 Å². The molecule has 2 N–H and O–H groups in total. The molecule has 0 fully saturated rings. The summed E-state index contributed by atoms with van der Waals surface area (Å²) in [5, 5.41) is 13.6. The Labute approximate surface area is 192 Å². The van der Waals surface area contributed by atoms with Crippen LogP contribution in [0.3, 0.4) is 0 Å².